The maximum Gasteiger partial charge on any atom is 0.329 e. The first-order valence-electron chi connectivity index (χ1n) is 8.61. The lowest BCUT2D eigenvalue weighted by Gasteiger charge is -2.55. The van der Waals surface area contributed by atoms with Gasteiger partial charge < -0.3 is 10.0 Å². The van der Waals surface area contributed by atoms with Gasteiger partial charge in [0, 0.05) is 12.6 Å². The van der Waals surface area contributed by atoms with Gasteiger partial charge in [-0.1, -0.05) is 0 Å². The van der Waals surface area contributed by atoms with Crippen LogP contribution in [0.15, 0.2) is 23.1 Å². The van der Waals surface area contributed by atoms with E-state index in [1.54, 1.807) is 6.92 Å². The molecular weight excluding hydrogens is 338 g/mol. The lowest BCUT2D eigenvalue weighted by atomic mass is 9.61. The second-order valence-electron chi connectivity index (χ2n) is 6.90. The van der Waals surface area contributed by atoms with Crippen molar-refractivity contribution in [2.24, 2.45) is 5.92 Å². The average Bonchev–Trinajstić information content (AvgIpc) is 2.97. The van der Waals surface area contributed by atoms with Crippen LogP contribution in [-0.2, 0) is 4.79 Å². The minimum absolute atomic E-state index is 0.0221. The monoisotopic (exact) mass is 357 g/mol. The number of carbonyl (C=O) groups excluding carboxylic acids is 1. The van der Waals surface area contributed by atoms with Crippen LogP contribution in [0.4, 0.5) is 0 Å². The molecule has 4 rings (SSSR count). The van der Waals surface area contributed by atoms with Gasteiger partial charge in [0.15, 0.2) is 5.82 Å². The van der Waals surface area contributed by atoms with Crippen LogP contribution in [0.2, 0.25) is 0 Å². The van der Waals surface area contributed by atoms with Crippen molar-refractivity contribution in [3.63, 3.8) is 0 Å². The predicted octanol–water partition coefficient (Wildman–Crippen LogP) is 0.733. The van der Waals surface area contributed by atoms with Gasteiger partial charge in [0.05, 0.1) is 17.5 Å². The van der Waals surface area contributed by atoms with Crippen LogP contribution in [0.3, 0.4) is 0 Å². The van der Waals surface area contributed by atoms with Crippen LogP contribution in [0.1, 0.15) is 41.7 Å². The van der Waals surface area contributed by atoms with Gasteiger partial charge in [-0.15, -0.1) is 0 Å². The Kier molecular flexibility index (Phi) is 3.67. The number of nitrogens with one attached hydrogen (secondary N) is 1. The number of piperidine rings is 1. The van der Waals surface area contributed by atoms with Crippen LogP contribution in [0.25, 0.3) is 5.82 Å². The zero-order valence-corrected chi connectivity index (χ0v) is 14.3. The molecule has 136 valence electrons. The minimum atomic E-state index is -1.08. The number of H-pyrrole nitrogens is 1. The molecule has 0 radical (unpaired) electrons. The maximum absolute atomic E-state index is 13.1. The van der Waals surface area contributed by atoms with Gasteiger partial charge in [-0.2, -0.15) is 10.2 Å². The van der Waals surface area contributed by atoms with E-state index in [0.717, 1.165) is 19.3 Å². The van der Waals surface area contributed by atoms with Crippen molar-refractivity contribution >= 4 is 11.9 Å². The Morgan fingerprint density at radius 1 is 1.35 bits per heavy atom. The number of likely N-dealkylation sites (tertiary alicyclic amines) is 1. The Bertz CT molecular complexity index is 928. The fraction of sp³-hybridized carbons (Fsp3) is 0.471. The van der Waals surface area contributed by atoms with E-state index in [0.29, 0.717) is 30.0 Å². The number of aromatic nitrogens is 4. The summed E-state index contributed by atoms with van der Waals surface area (Å²) in [4.78, 5) is 37.8. The van der Waals surface area contributed by atoms with E-state index in [-0.39, 0.29) is 17.4 Å². The van der Waals surface area contributed by atoms with Gasteiger partial charge >= 0.3 is 5.97 Å². The van der Waals surface area contributed by atoms with Gasteiger partial charge in [-0.25, -0.2) is 14.6 Å². The fourth-order valence-corrected chi connectivity index (χ4v) is 4.19. The molecule has 2 N–H and O–H groups in total. The number of hydrogen-bond donors (Lipinski definition) is 2. The third kappa shape index (κ3) is 2.19. The summed E-state index contributed by atoms with van der Waals surface area (Å²) in [6.45, 7) is 2.16. The molecule has 2 aliphatic rings. The zero-order chi connectivity index (χ0) is 18.5. The highest BCUT2D eigenvalue weighted by Crippen LogP contribution is 2.49. The summed E-state index contributed by atoms with van der Waals surface area (Å²) in [6.07, 6.45) is 4.42. The average molecular weight is 357 g/mol. The number of rotatable bonds is 3. The Balaban J connectivity index is 1.70. The molecule has 1 saturated carbocycles. The number of carbonyl (C=O) groups is 2. The number of nitrogens with zero attached hydrogens (tertiary/aromatic N) is 4. The fourth-order valence-electron chi connectivity index (χ4n) is 4.19. The summed E-state index contributed by atoms with van der Waals surface area (Å²) in [6, 6.07) is 2.84. The molecule has 0 bridgehead atoms. The normalized spacial score (nSPS) is 24.7. The minimum Gasteiger partial charge on any atom is -0.479 e. The van der Waals surface area contributed by atoms with Gasteiger partial charge in [-0.05, 0) is 44.6 Å². The van der Waals surface area contributed by atoms with E-state index in [2.05, 4.69) is 15.3 Å². The first-order chi connectivity index (χ1) is 12.4. The summed E-state index contributed by atoms with van der Waals surface area (Å²) in [5.41, 5.74) is -0.509. The van der Waals surface area contributed by atoms with Crippen molar-refractivity contribution in [3.8, 4) is 5.82 Å². The second kappa shape index (κ2) is 5.79. The van der Waals surface area contributed by atoms with Gasteiger partial charge in [0.2, 0.25) is 0 Å². The molecule has 1 saturated heterocycles. The molecular formula is C17H19N5O4. The molecule has 26 heavy (non-hydrogen) atoms. The molecule has 3 heterocycles. The highest BCUT2D eigenvalue weighted by molar-refractivity contribution is 5.99. The summed E-state index contributed by atoms with van der Waals surface area (Å²) in [5, 5.41) is 20.3. The number of hydrogen-bond acceptors (Lipinski definition) is 5. The lowest BCUT2D eigenvalue weighted by molar-refractivity contribution is -0.167. The van der Waals surface area contributed by atoms with Crippen molar-refractivity contribution in [1.29, 1.82) is 0 Å². The largest absolute Gasteiger partial charge is 0.479 e. The summed E-state index contributed by atoms with van der Waals surface area (Å²) < 4.78 is 1.46. The third-order valence-electron chi connectivity index (χ3n) is 5.70. The Labute approximate surface area is 148 Å². The highest BCUT2D eigenvalue weighted by atomic mass is 16.4. The van der Waals surface area contributed by atoms with E-state index in [9.17, 15) is 19.5 Å². The molecule has 2 aromatic rings. The maximum atomic E-state index is 13.1. The number of aromatic amines is 1. The first kappa shape index (κ1) is 16.5. The SMILES string of the molecule is Cc1c(C(=O)N2CCC[C@@H]3CC[C@@]32C(=O)O)cnn1-c1ccc(=O)[nH]n1. The zero-order valence-electron chi connectivity index (χ0n) is 14.3. The number of aliphatic carboxylic acids is 1. The van der Waals surface area contributed by atoms with Crippen molar-refractivity contribution in [2.45, 2.75) is 38.1 Å². The first-order valence-corrected chi connectivity index (χ1v) is 8.61. The molecule has 2 aromatic heterocycles. The van der Waals surface area contributed by atoms with Crippen LogP contribution in [0, 0.1) is 12.8 Å². The van der Waals surface area contributed by atoms with Crippen LogP contribution in [0.5, 0.6) is 0 Å². The topological polar surface area (TPSA) is 121 Å². The summed E-state index contributed by atoms with van der Waals surface area (Å²) in [5.74, 6) is -0.831. The molecule has 2 fully saturated rings. The quantitative estimate of drug-likeness (QED) is 0.835. The van der Waals surface area contributed by atoms with E-state index in [4.69, 9.17) is 0 Å². The van der Waals surface area contributed by atoms with Gasteiger partial charge in [0.25, 0.3) is 11.5 Å². The van der Waals surface area contributed by atoms with Crippen LogP contribution >= 0.6 is 0 Å². The molecule has 9 heteroatoms. The van der Waals surface area contributed by atoms with Crippen LogP contribution in [-0.4, -0.2) is 53.9 Å². The number of fused-ring (bicyclic) bond motifs is 1. The van der Waals surface area contributed by atoms with E-state index < -0.39 is 11.5 Å². The Morgan fingerprint density at radius 3 is 2.77 bits per heavy atom. The standard InChI is InChI=1S/C17H19N5O4/c1-10-12(9-18-22(10)13-4-5-14(23)20-19-13)15(24)21-8-2-3-11-6-7-17(11,21)16(25)26/h4-5,9,11H,2-3,6-8H2,1H3,(H,20,23)(H,25,26)/t11-,17+/m1/s1. The van der Waals surface area contributed by atoms with Crippen molar-refractivity contribution in [2.75, 3.05) is 6.54 Å². The summed E-state index contributed by atoms with van der Waals surface area (Å²) >= 11 is 0. The molecule has 2 atom stereocenters. The smallest absolute Gasteiger partial charge is 0.329 e. The van der Waals surface area contributed by atoms with E-state index in [1.165, 1.54) is 27.9 Å². The second-order valence-corrected chi connectivity index (χ2v) is 6.90. The molecule has 1 amide bonds. The predicted molar refractivity (Wildman–Crippen MR) is 90.1 cm³/mol. The Hall–Kier alpha value is -2.97. The number of amides is 1. The number of carboxylic acid groups (broad SMARTS) is 1. The Morgan fingerprint density at radius 2 is 2.15 bits per heavy atom. The summed E-state index contributed by atoms with van der Waals surface area (Å²) in [7, 11) is 0. The van der Waals surface area contributed by atoms with Crippen molar-refractivity contribution < 1.29 is 14.7 Å². The number of carboxylic acids is 1. The molecule has 0 spiro atoms. The lowest BCUT2D eigenvalue weighted by Crippen LogP contribution is -2.68. The van der Waals surface area contributed by atoms with Gasteiger partial charge in [0.1, 0.15) is 5.54 Å². The molecule has 9 nitrogen and oxygen atoms in total. The van der Waals surface area contributed by atoms with Crippen molar-refractivity contribution in [3.05, 3.63) is 39.9 Å². The molecule has 1 aliphatic carbocycles. The molecule has 0 unspecified atom stereocenters. The van der Waals surface area contributed by atoms with Gasteiger partial charge in [-0.3, -0.25) is 9.59 Å². The highest BCUT2D eigenvalue weighted by Gasteiger charge is 2.60. The molecule has 1 aliphatic heterocycles. The molecule has 0 aromatic carbocycles. The van der Waals surface area contributed by atoms with Crippen LogP contribution < -0.4 is 5.56 Å². The third-order valence-corrected chi connectivity index (χ3v) is 5.70. The van der Waals surface area contributed by atoms with E-state index >= 15 is 0 Å². The van der Waals surface area contributed by atoms with E-state index in [1.807, 2.05) is 0 Å². The van der Waals surface area contributed by atoms with Crippen molar-refractivity contribution in [1.82, 2.24) is 24.9 Å².